The van der Waals surface area contributed by atoms with Crippen LogP contribution in [0, 0.1) is 11.8 Å². The molecule has 0 aromatic carbocycles. The highest BCUT2D eigenvalue weighted by Crippen LogP contribution is 2.25. The molecule has 1 saturated heterocycles. The van der Waals surface area contributed by atoms with E-state index in [0.29, 0.717) is 43.5 Å². The van der Waals surface area contributed by atoms with Crippen LogP contribution in [-0.4, -0.2) is 55.9 Å². The Morgan fingerprint density at radius 3 is 2.89 bits per heavy atom. The Bertz CT molecular complexity index is 982. The quantitative estimate of drug-likeness (QED) is 0.582. The van der Waals surface area contributed by atoms with Crippen molar-refractivity contribution in [2.75, 3.05) is 29.9 Å². The standard InChI is InChI=1S/C17H23N7O3/c1-3-4-9-24-12-13(20-16(24)19-8-7-18)21-17(22(2)14(12)25)23-10-5-6-11(23)15(26)27/h11H,5-10,18H2,1-2H3,(H,19,20)(H,26,27)/t11-/m1/s1. The van der Waals surface area contributed by atoms with E-state index < -0.39 is 12.0 Å². The zero-order valence-corrected chi connectivity index (χ0v) is 15.4. The highest BCUT2D eigenvalue weighted by molar-refractivity contribution is 5.80. The van der Waals surface area contributed by atoms with Crippen molar-refractivity contribution in [2.45, 2.75) is 32.4 Å². The van der Waals surface area contributed by atoms with E-state index >= 15 is 0 Å². The van der Waals surface area contributed by atoms with Crippen molar-refractivity contribution < 1.29 is 9.90 Å². The predicted molar refractivity (Wildman–Crippen MR) is 102 cm³/mol. The molecule has 1 aliphatic heterocycles. The van der Waals surface area contributed by atoms with Gasteiger partial charge in [0.15, 0.2) is 11.2 Å². The number of nitrogens with zero attached hydrogens (tertiary/aromatic N) is 5. The molecule has 0 unspecified atom stereocenters. The van der Waals surface area contributed by atoms with E-state index in [1.807, 2.05) is 0 Å². The molecule has 0 amide bonds. The van der Waals surface area contributed by atoms with Gasteiger partial charge in [-0.3, -0.25) is 13.9 Å². The number of nitrogens with two attached hydrogens (primary N) is 1. The third kappa shape index (κ3) is 3.33. The molecule has 0 aliphatic carbocycles. The van der Waals surface area contributed by atoms with Crippen LogP contribution in [-0.2, 0) is 18.4 Å². The molecule has 10 nitrogen and oxygen atoms in total. The Labute approximate surface area is 156 Å². The molecule has 3 rings (SSSR count). The molecule has 4 N–H and O–H groups in total. The van der Waals surface area contributed by atoms with Crippen molar-refractivity contribution in [3.8, 4) is 11.8 Å². The Morgan fingerprint density at radius 1 is 1.44 bits per heavy atom. The second-order valence-electron chi connectivity index (χ2n) is 6.30. The first-order chi connectivity index (χ1) is 13.0. The summed E-state index contributed by atoms with van der Waals surface area (Å²) >= 11 is 0. The molecule has 27 heavy (non-hydrogen) atoms. The number of carbonyl (C=O) groups is 1. The maximum Gasteiger partial charge on any atom is 0.326 e. The summed E-state index contributed by atoms with van der Waals surface area (Å²) in [5.74, 6) is 5.61. The summed E-state index contributed by atoms with van der Waals surface area (Å²) in [6.07, 6.45) is 1.25. The van der Waals surface area contributed by atoms with Crippen molar-refractivity contribution in [3.05, 3.63) is 10.4 Å². The van der Waals surface area contributed by atoms with Crippen LogP contribution in [0.15, 0.2) is 4.79 Å². The zero-order chi connectivity index (χ0) is 19.6. The van der Waals surface area contributed by atoms with Crippen LogP contribution in [0.25, 0.3) is 11.2 Å². The number of aromatic nitrogens is 4. The summed E-state index contributed by atoms with van der Waals surface area (Å²) in [5, 5.41) is 12.5. The number of carboxylic acid groups (broad SMARTS) is 1. The lowest BCUT2D eigenvalue weighted by atomic mass is 10.2. The molecule has 3 heterocycles. The average Bonchev–Trinajstić information content (AvgIpc) is 3.26. The normalized spacial score (nSPS) is 16.4. The second kappa shape index (κ2) is 7.67. The summed E-state index contributed by atoms with van der Waals surface area (Å²) in [5.41, 5.74) is 5.85. The fourth-order valence-corrected chi connectivity index (χ4v) is 3.30. The van der Waals surface area contributed by atoms with Crippen molar-refractivity contribution in [1.82, 2.24) is 19.1 Å². The summed E-state index contributed by atoms with van der Waals surface area (Å²) < 4.78 is 3.06. The van der Waals surface area contributed by atoms with Gasteiger partial charge >= 0.3 is 5.97 Å². The molecule has 10 heteroatoms. The fourth-order valence-electron chi connectivity index (χ4n) is 3.30. The highest BCUT2D eigenvalue weighted by atomic mass is 16.4. The molecule has 0 radical (unpaired) electrons. The number of hydrogen-bond acceptors (Lipinski definition) is 7. The lowest BCUT2D eigenvalue weighted by Gasteiger charge is -2.24. The first-order valence-corrected chi connectivity index (χ1v) is 8.79. The molecular weight excluding hydrogens is 350 g/mol. The van der Waals surface area contributed by atoms with Crippen molar-refractivity contribution in [3.63, 3.8) is 0 Å². The largest absolute Gasteiger partial charge is 0.480 e. The number of carboxylic acids is 1. The maximum absolute atomic E-state index is 13.0. The van der Waals surface area contributed by atoms with E-state index in [4.69, 9.17) is 5.73 Å². The van der Waals surface area contributed by atoms with Crippen LogP contribution in [0.2, 0.25) is 0 Å². The molecule has 2 aromatic rings. The molecule has 0 bridgehead atoms. The van der Waals surface area contributed by atoms with Gasteiger partial charge in [-0.05, 0) is 19.8 Å². The molecule has 1 aliphatic rings. The van der Waals surface area contributed by atoms with Crippen LogP contribution in [0.5, 0.6) is 0 Å². The lowest BCUT2D eigenvalue weighted by Crippen LogP contribution is -2.40. The topological polar surface area (TPSA) is 131 Å². The molecule has 0 spiro atoms. The van der Waals surface area contributed by atoms with Gasteiger partial charge in [0.25, 0.3) is 5.56 Å². The van der Waals surface area contributed by atoms with Crippen molar-refractivity contribution in [2.24, 2.45) is 12.8 Å². The monoisotopic (exact) mass is 373 g/mol. The lowest BCUT2D eigenvalue weighted by molar-refractivity contribution is -0.138. The second-order valence-corrected chi connectivity index (χ2v) is 6.30. The number of imidazole rings is 1. The smallest absolute Gasteiger partial charge is 0.326 e. The number of fused-ring (bicyclic) bond motifs is 1. The van der Waals surface area contributed by atoms with E-state index in [1.165, 1.54) is 4.57 Å². The van der Waals surface area contributed by atoms with Crippen LogP contribution >= 0.6 is 0 Å². The van der Waals surface area contributed by atoms with Crippen molar-refractivity contribution >= 4 is 29.0 Å². The van der Waals surface area contributed by atoms with Crippen molar-refractivity contribution in [1.29, 1.82) is 0 Å². The van der Waals surface area contributed by atoms with E-state index in [9.17, 15) is 14.7 Å². The third-order valence-corrected chi connectivity index (χ3v) is 4.60. The Hall–Kier alpha value is -3.06. The van der Waals surface area contributed by atoms with E-state index in [1.54, 1.807) is 23.4 Å². The third-order valence-electron chi connectivity index (χ3n) is 4.60. The minimum Gasteiger partial charge on any atom is -0.480 e. The van der Waals surface area contributed by atoms with Gasteiger partial charge in [0.1, 0.15) is 6.04 Å². The fraction of sp³-hybridized carbons (Fsp3) is 0.529. The van der Waals surface area contributed by atoms with Gasteiger partial charge in [-0.25, -0.2) is 4.79 Å². The minimum atomic E-state index is -0.920. The van der Waals surface area contributed by atoms with Crippen LogP contribution < -0.4 is 21.5 Å². The van der Waals surface area contributed by atoms with Crippen LogP contribution in [0.3, 0.4) is 0 Å². The first-order valence-electron chi connectivity index (χ1n) is 8.79. The Kier molecular flexibility index (Phi) is 5.32. The van der Waals surface area contributed by atoms with Gasteiger partial charge in [0, 0.05) is 26.7 Å². The number of nitrogens with one attached hydrogen (secondary N) is 1. The van der Waals surface area contributed by atoms with Gasteiger partial charge in [-0.15, -0.1) is 5.92 Å². The molecule has 1 atom stereocenters. The Morgan fingerprint density at radius 2 is 2.22 bits per heavy atom. The number of rotatable bonds is 6. The van der Waals surface area contributed by atoms with Crippen LogP contribution in [0.4, 0.5) is 11.9 Å². The van der Waals surface area contributed by atoms with Gasteiger partial charge in [-0.1, -0.05) is 5.92 Å². The van der Waals surface area contributed by atoms with E-state index in [2.05, 4.69) is 27.1 Å². The number of anilines is 2. The van der Waals surface area contributed by atoms with Crippen LogP contribution in [0.1, 0.15) is 19.8 Å². The summed E-state index contributed by atoms with van der Waals surface area (Å²) in [7, 11) is 1.59. The summed E-state index contributed by atoms with van der Waals surface area (Å²) in [6.45, 7) is 3.44. The first kappa shape index (κ1) is 18.7. The van der Waals surface area contributed by atoms with E-state index in [-0.39, 0.29) is 17.8 Å². The molecule has 2 aromatic heterocycles. The summed E-state index contributed by atoms with van der Waals surface area (Å²) in [4.78, 5) is 35.2. The number of hydrogen-bond donors (Lipinski definition) is 3. The molecule has 1 fully saturated rings. The van der Waals surface area contributed by atoms with Gasteiger partial charge in [0.05, 0.1) is 6.54 Å². The minimum absolute atomic E-state index is 0.265. The van der Waals surface area contributed by atoms with E-state index in [0.717, 1.165) is 6.42 Å². The molecule has 0 saturated carbocycles. The maximum atomic E-state index is 13.0. The molecule has 144 valence electrons. The average molecular weight is 373 g/mol. The summed E-state index contributed by atoms with van der Waals surface area (Å²) in [6, 6.07) is -0.691. The SMILES string of the molecule is CC#CCn1c(NCCN)nc2nc(N3CCC[C@@H]3C(=O)O)n(C)c(=O)c21. The molecular formula is C17H23N7O3. The highest BCUT2D eigenvalue weighted by Gasteiger charge is 2.33. The van der Waals surface area contributed by atoms with Gasteiger partial charge in [0.2, 0.25) is 11.9 Å². The predicted octanol–water partition coefficient (Wildman–Crippen LogP) is -0.423. The van der Waals surface area contributed by atoms with Gasteiger partial charge < -0.3 is 21.1 Å². The zero-order valence-electron chi connectivity index (χ0n) is 15.4. The number of aliphatic carboxylic acids is 1. The van der Waals surface area contributed by atoms with Gasteiger partial charge in [-0.2, -0.15) is 9.97 Å². The Balaban J connectivity index is 2.17.